The van der Waals surface area contributed by atoms with Crippen molar-refractivity contribution in [3.63, 3.8) is 0 Å². The van der Waals surface area contributed by atoms with Crippen molar-refractivity contribution in [3.05, 3.63) is 122 Å². The van der Waals surface area contributed by atoms with E-state index in [1.807, 2.05) is 17.2 Å². The summed E-state index contributed by atoms with van der Waals surface area (Å²) in [4.78, 5) is 87.5. The number of carbonyl (C=O) groups excluding carboxylic acids is 4. The molecule has 1 unspecified atom stereocenters. The van der Waals surface area contributed by atoms with Crippen LogP contribution >= 0.6 is 0 Å². The summed E-state index contributed by atoms with van der Waals surface area (Å²) in [7, 11) is 0. The van der Waals surface area contributed by atoms with Crippen LogP contribution in [0.15, 0.2) is 77.9 Å². The first kappa shape index (κ1) is 51.3. The number of aromatic nitrogens is 4. The summed E-state index contributed by atoms with van der Waals surface area (Å²) < 4.78 is 20.7. The van der Waals surface area contributed by atoms with Gasteiger partial charge in [-0.1, -0.05) is 30.9 Å². The van der Waals surface area contributed by atoms with E-state index in [-0.39, 0.29) is 47.2 Å². The molecule has 9 rings (SSSR count). The standard InChI is InChI=1S/C53H68FN13O6/c1-3-5-42-41(4-2)50(70)61-60-45(42)27-38-6-7-44(54)43(26-38)51(71)67-24-22-65(23-25-67)48(69)33-63-20-18-62(19-21-63)32-37-9-14-66(15-10-37)52(72)49-46(59-47(68)31-56-29-39-8-13-55-36-58-39)28-40(30-57-49)64-16-11-53(12-17-64)34-73-35-53/h3-8,13,26,28,30,36-37,49,56-57H,1,9-12,14-25,27,29,31-35H2,2H3,(H,59,68)(H,61,70)/b41-4+,42-5+. The molecule has 1 aromatic carbocycles. The summed E-state index contributed by atoms with van der Waals surface area (Å²) in [6.45, 7) is 16.5. The van der Waals surface area contributed by atoms with Gasteiger partial charge in [0.2, 0.25) is 11.8 Å². The molecule has 8 heterocycles. The van der Waals surface area contributed by atoms with E-state index >= 15 is 4.39 Å². The summed E-state index contributed by atoms with van der Waals surface area (Å²) >= 11 is 0. The summed E-state index contributed by atoms with van der Waals surface area (Å²) in [6.07, 6.45) is 16.1. The molecule has 388 valence electrons. The van der Waals surface area contributed by atoms with E-state index in [2.05, 4.69) is 57.4 Å². The largest absolute Gasteiger partial charge is 0.380 e. The van der Waals surface area contributed by atoms with Gasteiger partial charge in [0, 0.05) is 126 Å². The zero-order valence-corrected chi connectivity index (χ0v) is 41.8. The van der Waals surface area contributed by atoms with Gasteiger partial charge in [-0.2, -0.15) is 5.10 Å². The minimum atomic E-state index is -0.707. The number of likely N-dealkylation sites (tertiary alicyclic amines) is 2. The van der Waals surface area contributed by atoms with Crippen LogP contribution in [0.5, 0.6) is 0 Å². The van der Waals surface area contributed by atoms with Crippen molar-refractivity contribution in [1.82, 2.24) is 65.5 Å². The van der Waals surface area contributed by atoms with E-state index in [0.29, 0.717) is 85.7 Å². The second-order valence-corrected chi connectivity index (χ2v) is 20.1. The third kappa shape index (κ3) is 12.4. The van der Waals surface area contributed by atoms with Gasteiger partial charge in [0.05, 0.1) is 54.6 Å². The highest BCUT2D eigenvalue weighted by Gasteiger charge is 2.42. The van der Waals surface area contributed by atoms with E-state index < -0.39 is 17.8 Å². The van der Waals surface area contributed by atoms with Crippen molar-refractivity contribution in [2.24, 2.45) is 11.3 Å². The van der Waals surface area contributed by atoms with Crippen molar-refractivity contribution in [2.45, 2.75) is 51.6 Å². The monoisotopic (exact) mass is 1000 g/mol. The highest BCUT2D eigenvalue weighted by Crippen LogP contribution is 2.39. The van der Waals surface area contributed by atoms with Crippen molar-refractivity contribution in [3.8, 4) is 0 Å². The van der Waals surface area contributed by atoms with E-state index in [1.54, 1.807) is 59.3 Å². The molecule has 1 spiro atoms. The summed E-state index contributed by atoms with van der Waals surface area (Å²) in [6, 6.07) is 5.52. The Morgan fingerprint density at radius 3 is 2.34 bits per heavy atom. The van der Waals surface area contributed by atoms with Gasteiger partial charge in [-0.3, -0.25) is 28.9 Å². The van der Waals surface area contributed by atoms with Crippen LogP contribution in [0.1, 0.15) is 59.9 Å². The first-order valence-corrected chi connectivity index (χ1v) is 25.7. The number of nitrogens with zero attached hydrogens (tertiary/aromatic N) is 9. The number of hydrogen-bond acceptors (Lipinski definition) is 14. The minimum Gasteiger partial charge on any atom is -0.380 e. The Balaban J connectivity index is 0.707. The maximum absolute atomic E-state index is 15.2. The number of rotatable bonds is 15. The first-order valence-electron chi connectivity index (χ1n) is 25.7. The topological polar surface area (TPSA) is 205 Å². The van der Waals surface area contributed by atoms with Crippen molar-refractivity contribution < 1.29 is 28.3 Å². The number of ether oxygens (including phenoxy) is 1. The lowest BCUT2D eigenvalue weighted by Crippen LogP contribution is -2.55. The third-order valence-corrected chi connectivity index (χ3v) is 15.3. The molecule has 6 aliphatic rings. The Bertz CT molecular complexity index is 2750. The molecule has 73 heavy (non-hydrogen) atoms. The minimum absolute atomic E-state index is 0.0193. The average Bonchev–Trinajstić information content (AvgIpc) is 3.40. The zero-order chi connectivity index (χ0) is 50.9. The van der Waals surface area contributed by atoms with Crippen LogP contribution in [0.4, 0.5) is 4.39 Å². The maximum atomic E-state index is 15.2. The van der Waals surface area contributed by atoms with Crippen LogP contribution in [0.3, 0.4) is 0 Å². The molecule has 20 heteroatoms. The predicted molar refractivity (Wildman–Crippen MR) is 272 cm³/mol. The van der Waals surface area contributed by atoms with Gasteiger partial charge in [-0.05, 0) is 68.4 Å². The second-order valence-electron chi connectivity index (χ2n) is 20.1. The van der Waals surface area contributed by atoms with E-state index in [4.69, 9.17) is 4.74 Å². The maximum Gasteiger partial charge on any atom is 0.271 e. The molecular weight excluding hydrogens is 934 g/mol. The molecule has 19 nitrogen and oxygen atoms in total. The second kappa shape index (κ2) is 23.5. The molecule has 1 atom stereocenters. The molecule has 0 aliphatic carbocycles. The van der Waals surface area contributed by atoms with Gasteiger partial charge in [-0.25, -0.2) is 19.5 Å². The highest BCUT2D eigenvalue weighted by atomic mass is 19.1. The number of H-pyrrole nitrogens is 1. The van der Waals surface area contributed by atoms with Gasteiger partial charge in [-0.15, -0.1) is 0 Å². The molecule has 0 radical (unpaired) electrons. The van der Waals surface area contributed by atoms with Crippen LogP contribution < -0.4 is 31.9 Å². The third-order valence-electron chi connectivity index (χ3n) is 15.3. The summed E-state index contributed by atoms with van der Waals surface area (Å²) in [5.74, 6) is -0.884. The van der Waals surface area contributed by atoms with Crippen LogP contribution in [0, 0.1) is 17.2 Å². The number of dihydropyridines is 1. The van der Waals surface area contributed by atoms with Crippen LogP contribution in [0.25, 0.3) is 12.2 Å². The first-order chi connectivity index (χ1) is 35.5. The van der Waals surface area contributed by atoms with E-state index in [9.17, 15) is 24.0 Å². The van der Waals surface area contributed by atoms with Gasteiger partial charge in [0.1, 0.15) is 18.2 Å². The molecule has 0 saturated carbocycles. The van der Waals surface area contributed by atoms with Crippen LogP contribution in [-0.4, -0.2) is 191 Å². The zero-order valence-electron chi connectivity index (χ0n) is 41.8. The quantitative estimate of drug-likeness (QED) is 0.157. The number of allylic oxidation sites excluding steroid dienone is 2. The number of carbonyl (C=O) groups is 4. The molecule has 0 bridgehead atoms. The fourth-order valence-electron chi connectivity index (χ4n) is 10.8. The molecule has 4 N–H and O–H groups in total. The molecule has 4 amide bonds. The van der Waals surface area contributed by atoms with Crippen LogP contribution in [-0.2, 0) is 32.1 Å². The molecule has 6 aliphatic heterocycles. The lowest BCUT2D eigenvalue weighted by Gasteiger charge is -2.48. The fraction of sp³-hybridized carbons (Fsp3) is 0.509. The Hall–Kier alpha value is -6.61. The molecule has 5 saturated heterocycles. The smallest absolute Gasteiger partial charge is 0.271 e. The number of piperidine rings is 2. The number of aromatic amines is 1. The normalized spacial score (nSPS) is 21.3. The lowest BCUT2D eigenvalue weighted by atomic mass is 9.76. The van der Waals surface area contributed by atoms with Crippen molar-refractivity contribution >= 4 is 35.8 Å². The van der Waals surface area contributed by atoms with Crippen LogP contribution in [0.2, 0.25) is 0 Å². The fourth-order valence-corrected chi connectivity index (χ4v) is 10.8. The van der Waals surface area contributed by atoms with Gasteiger partial charge in [0.25, 0.3) is 17.4 Å². The summed E-state index contributed by atoms with van der Waals surface area (Å²) in [5, 5.41) is 17.4. The van der Waals surface area contributed by atoms with Gasteiger partial charge >= 0.3 is 0 Å². The van der Waals surface area contributed by atoms with Gasteiger partial charge < -0.3 is 45.2 Å². The SMILES string of the molecule is C=C/C=c1/c(Cc2ccc(F)c(C(=O)N3CCN(C(=O)CN4CCN(CC5CCN(C(=O)C6NC=C(N7CCC8(CC7)COC8)C=C6NC(=O)CNCc6ccncn6)CC5)CC4)CC3)c2)n[nH]c(=O)/c1=C/C. The van der Waals surface area contributed by atoms with Crippen molar-refractivity contribution in [1.29, 1.82) is 0 Å². The highest BCUT2D eigenvalue weighted by molar-refractivity contribution is 5.95. The molecule has 2 aromatic heterocycles. The average molecular weight is 1000 g/mol. The number of nitrogens with one attached hydrogen (secondary N) is 4. The Morgan fingerprint density at radius 2 is 1.66 bits per heavy atom. The molecule has 3 aromatic rings. The Kier molecular flexibility index (Phi) is 16.5. The predicted octanol–water partition coefficient (Wildman–Crippen LogP) is -0.0872. The Morgan fingerprint density at radius 1 is 0.918 bits per heavy atom. The van der Waals surface area contributed by atoms with E-state index in [0.717, 1.165) is 96.1 Å². The number of benzene rings is 1. The number of amides is 4. The van der Waals surface area contributed by atoms with E-state index in [1.165, 1.54) is 12.4 Å². The lowest BCUT2D eigenvalue weighted by molar-refractivity contribution is -0.137. The number of halogens is 1. The van der Waals surface area contributed by atoms with Gasteiger partial charge in [0.15, 0.2) is 0 Å². The Labute approximate surface area is 424 Å². The number of piperazine rings is 2. The van der Waals surface area contributed by atoms with Crippen molar-refractivity contribution in [2.75, 3.05) is 111 Å². The number of hydrogen-bond donors (Lipinski definition) is 4. The molecular formula is C53H68FN13O6. The molecule has 5 fully saturated rings. The summed E-state index contributed by atoms with van der Waals surface area (Å²) in [5.41, 5.74) is 3.44.